The maximum Gasteiger partial charge on any atom is 0.224 e. The molecule has 1 heterocycles. The second-order valence-electron chi connectivity index (χ2n) is 7.76. The molecule has 0 radical (unpaired) electrons. The molecule has 3 rings (SSSR count). The number of hydrogen-bond acceptors (Lipinski definition) is 3. The summed E-state index contributed by atoms with van der Waals surface area (Å²) in [5, 5.41) is 9.12. The van der Waals surface area contributed by atoms with Gasteiger partial charge < -0.3 is 4.90 Å². The molecule has 0 saturated carbocycles. The van der Waals surface area contributed by atoms with Crippen LogP contribution in [0.1, 0.15) is 37.0 Å². The van der Waals surface area contributed by atoms with E-state index in [2.05, 4.69) is 24.8 Å². The van der Waals surface area contributed by atoms with Crippen molar-refractivity contribution in [3.8, 4) is 6.07 Å². The van der Waals surface area contributed by atoms with Crippen LogP contribution in [0.2, 0.25) is 0 Å². The Morgan fingerprint density at radius 3 is 2.57 bits per heavy atom. The number of rotatable bonds is 5. The molecule has 4 nitrogen and oxygen atoms in total. The topological polar surface area (TPSA) is 47.3 Å². The van der Waals surface area contributed by atoms with Crippen LogP contribution in [0.25, 0.3) is 0 Å². The van der Waals surface area contributed by atoms with Gasteiger partial charge in [0.1, 0.15) is 5.82 Å². The number of halogens is 1. The molecule has 0 spiro atoms. The van der Waals surface area contributed by atoms with Gasteiger partial charge in [0.15, 0.2) is 0 Å². The first kappa shape index (κ1) is 20.0. The van der Waals surface area contributed by atoms with E-state index in [0.29, 0.717) is 31.0 Å². The van der Waals surface area contributed by atoms with E-state index < -0.39 is 0 Å². The summed E-state index contributed by atoms with van der Waals surface area (Å²) in [7, 11) is 0. The first-order valence-electron chi connectivity index (χ1n) is 9.71. The number of hydrogen-bond donors (Lipinski definition) is 0. The van der Waals surface area contributed by atoms with Gasteiger partial charge in [-0.3, -0.25) is 9.69 Å². The molecule has 0 unspecified atom stereocenters. The molecule has 2 aromatic rings. The lowest BCUT2D eigenvalue weighted by molar-refractivity contribution is -0.134. The third-order valence-electron chi connectivity index (χ3n) is 5.31. The summed E-state index contributed by atoms with van der Waals surface area (Å²) >= 11 is 0. The van der Waals surface area contributed by atoms with Gasteiger partial charge in [0.25, 0.3) is 0 Å². The molecule has 1 amide bonds. The highest BCUT2D eigenvalue weighted by molar-refractivity contribution is 5.77. The predicted octanol–water partition coefficient (Wildman–Crippen LogP) is 3.96. The summed E-state index contributed by atoms with van der Waals surface area (Å²) in [4.78, 5) is 17.1. The number of nitriles is 1. The lowest BCUT2D eigenvalue weighted by Crippen LogP contribution is -2.45. The van der Waals surface area contributed by atoms with Crippen molar-refractivity contribution in [2.24, 2.45) is 5.92 Å². The molecule has 2 aromatic carbocycles. The number of nitrogens with zero attached hydrogens (tertiary/aromatic N) is 3. The van der Waals surface area contributed by atoms with E-state index in [-0.39, 0.29) is 17.8 Å². The molecule has 0 aromatic heterocycles. The Morgan fingerprint density at radius 1 is 1.14 bits per heavy atom. The fraction of sp³-hybridized carbons (Fsp3) is 0.391. The van der Waals surface area contributed by atoms with Gasteiger partial charge in [-0.15, -0.1) is 0 Å². The number of amides is 1. The molecule has 5 heteroatoms. The average molecular weight is 379 g/mol. The molecule has 146 valence electrons. The van der Waals surface area contributed by atoms with Crippen molar-refractivity contribution < 1.29 is 9.18 Å². The molecule has 1 aliphatic heterocycles. The van der Waals surface area contributed by atoms with Crippen LogP contribution in [0.15, 0.2) is 48.5 Å². The zero-order chi connectivity index (χ0) is 20.1. The first-order valence-corrected chi connectivity index (χ1v) is 9.71. The number of benzene rings is 2. The average Bonchev–Trinajstić information content (AvgIpc) is 2.84. The maximum atomic E-state index is 13.2. The minimum absolute atomic E-state index is 0.0826. The number of carbonyl (C=O) groups excluding carboxylic acids is 1. The van der Waals surface area contributed by atoms with E-state index in [1.54, 1.807) is 18.2 Å². The van der Waals surface area contributed by atoms with Crippen molar-refractivity contribution in [2.45, 2.75) is 39.4 Å². The Bertz CT molecular complexity index is 857. The molecule has 1 fully saturated rings. The van der Waals surface area contributed by atoms with Crippen LogP contribution in [0.5, 0.6) is 0 Å². The van der Waals surface area contributed by atoms with Crippen molar-refractivity contribution in [1.29, 1.82) is 5.26 Å². The number of carbonyl (C=O) groups is 1. The summed E-state index contributed by atoms with van der Waals surface area (Å²) in [6, 6.07) is 16.3. The molecule has 1 aliphatic rings. The molecule has 28 heavy (non-hydrogen) atoms. The summed E-state index contributed by atoms with van der Waals surface area (Å²) < 4.78 is 13.2. The smallest absolute Gasteiger partial charge is 0.224 e. The molecule has 0 bridgehead atoms. The Hall–Kier alpha value is -2.71. The van der Waals surface area contributed by atoms with E-state index >= 15 is 0 Å². The van der Waals surface area contributed by atoms with Crippen molar-refractivity contribution in [3.63, 3.8) is 0 Å². The van der Waals surface area contributed by atoms with Gasteiger partial charge in [0.05, 0.1) is 11.6 Å². The van der Waals surface area contributed by atoms with E-state index in [9.17, 15) is 9.18 Å². The molecular weight excluding hydrogens is 353 g/mol. The monoisotopic (exact) mass is 379 g/mol. The Kier molecular flexibility index (Phi) is 6.43. The van der Waals surface area contributed by atoms with Crippen LogP contribution in [0.3, 0.4) is 0 Å². The second-order valence-corrected chi connectivity index (χ2v) is 7.76. The summed E-state index contributed by atoms with van der Waals surface area (Å²) in [5.41, 5.74) is 2.68. The van der Waals surface area contributed by atoms with Gasteiger partial charge in [-0.25, -0.2) is 4.39 Å². The van der Waals surface area contributed by atoms with E-state index in [0.717, 1.165) is 24.2 Å². The summed E-state index contributed by atoms with van der Waals surface area (Å²) in [5.74, 6) is 0.170. The van der Waals surface area contributed by atoms with Crippen molar-refractivity contribution in [1.82, 2.24) is 9.80 Å². The quantitative estimate of drug-likeness (QED) is 0.790. The fourth-order valence-electron chi connectivity index (χ4n) is 3.74. The van der Waals surface area contributed by atoms with Gasteiger partial charge >= 0.3 is 0 Å². The normalized spacial score (nSPS) is 18.2. The fourth-order valence-corrected chi connectivity index (χ4v) is 3.74. The van der Waals surface area contributed by atoms with Crippen LogP contribution >= 0.6 is 0 Å². The Morgan fingerprint density at radius 2 is 1.89 bits per heavy atom. The molecule has 1 saturated heterocycles. The van der Waals surface area contributed by atoms with Crippen LogP contribution in [-0.4, -0.2) is 34.8 Å². The highest BCUT2D eigenvalue weighted by Gasteiger charge is 2.31. The minimum Gasteiger partial charge on any atom is -0.334 e. The zero-order valence-electron chi connectivity index (χ0n) is 16.4. The SMILES string of the molecule is CC(C)[C@H]1CN(Cc2cccc(C#N)c2)CCC(=O)N1Cc1ccc(F)cc1. The Labute approximate surface area is 166 Å². The predicted molar refractivity (Wildman–Crippen MR) is 107 cm³/mol. The van der Waals surface area contributed by atoms with E-state index in [1.807, 2.05) is 23.1 Å². The lowest BCUT2D eigenvalue weighted by Gasteiger charge is -2.35. The van der Waals surface area contributed by atoms with Crippen molar-refractivity contribution >= 4 is 5.91 Å². The first-order chi connectivity index (χ1) is 13.5. The molecule has 0 aliphatic carbocycles. The summed E-state index contributed by atoms with van der Waals surface area (Å²) in [6.07, 6.45) is 0.461. The largest absolute Gasteiger partial charge is 0.334 e. The zero-order valence-corrected chi connectivity index (χ0v) is 16.4. The van der Waals surface area contributed by atoms with Crippen LogP contribution < -0.4 is 0 Å². The molecule has 1 atom stereocenters. The van der Waals surface area contributed by atoms with E-state index in [1.165, 1.54) is 12.1 Å². The second kappa shape index (κ2) is 8.99. The van der Waals surface area contributed by atoms with Crippen molar-refractivity contribution in [3.05, 3.63) is 71.0 Å². The van der Waals surface area contributed by atoms with Gasteiger partial charge in [0.2, 0.25) is 5.91 Å². The van der Waals surface area contributed by atoms with Crippen LogP contribution in [0.4, 0.5) is 4.39 Å². The van der Waals surface area contributed by atoms with Crippen LogP contribution in [0, 0.1) is 23.1 Å². The maximum absolute atomic E-state index is 13.2. The molecular formula is C23H26FN3O. The van der Waals surface area contributed by atoms with Gasteiger partial charge in [-0.1, -0.05) is 38.1 Å². The highest BCUT2D eigenvalue weighted by Crippen LogP contribution is 2.22. The third-order valence-corrected chi connectivity index (χ3v) is 5.31. The minimum atomic E-state index is -0.267. The van der Waals surface area contributed by atoms with E-state index in [4.69, 9.17) is 5.26 Å². The third kappa shape index (κ3) is 4.96. The highest BCUT2D eigenvalue weighted by atomic mass is 19.1. The van der Waals surface area contributed by atoms with Crippen LogP contribution in [-0.2, 0) is 17.9 Å². The van der Waals surface area contributed by atoms with Gasteiger partial charge in [-0.05, 0) is 41.3 Å². The van der Waals surface area contributed by atoms with Crippen molar-refractivity contribution in [2.75, 3.05) is 13.1 Å². The summed E-state index contributed by atoms with van der Waals surface area (Å²) in [6.45, 7) is 6.96. The van der Waals surface area contributed by atoms with Gasteiger partial charge in [0, 0.05) is 38.6 Å². The lowest BCUT2D eigenvalue weighted by atomic mass is 10.0. The standard InChI is InChI=1S/C23H26FN3O/c1-17(2)22-16-26(14-20-5-3-4-19(12-20)13-25)11-10-23(28)27(22)15-18-6-8-21(24)9-7-18/h3-9,12,17,22H,10-11,14-16H2,1-2H3/t22-/m1/s1. The molecule has 0 N–H and O–H groups in total. The van der Waals surface area contributed by atoms with Gasteiger partial charge in [-0.2, -0.15) is 5.26 Å². The Balaban J connectivity index is 1.77.